The van der Waals surface area contributed by atoms with Crippen LogP contribution in [0.4, 0.5) is 0 Å². The van der Waals surface area contributed by atoms with Gasteiger partial charge in [-0.05, 0) is 50.1 Å². The predicted octanol–water partition coefficient (Wildman–Crippen LogP) is 4.72. The van der Waals surface area contributed by atoms with Crippen molar-refractivity contribution < 1.29 is 22.9 Å². The molecule has 0 radical (unpaired) electrons. The molecule has 0 aliphatic rings. The molecule has 8 nitrogen and oxygen atoms in total. The summed E-state index contributed by atoms with van der Waals surface area (Å²) in [6.45, 7) is 7.37. The molecule has 1 aromatic heterocycles. The van der Waals surface area contributed by atoms with Crippen LogP contribution in [0, 0.1) is 6.92 Å². The topological polar surface area (TPSA) is 93.9 Å². The fraction of sp³-hybridized carbons (Fsp3) is 0.448. The van der Waals surface area contributed by atoms with Gasteiger partial charge in [-0.15, -0.1) is 0 Å². The molecule has 1 atom stereocenters. The predicted molar refractivity (Wildman–Crippen MR) is 151 cm³/mol. The number of nitrogens with one attached hydrogen (secondary N) is 1. The lowest BCUT2D eigenvalue weighted by atomic mass is 10.2. The molecular formula is C29H39N3O5S. The van der Waals surface area contributed by atoms with Crippen molar-refractivity contribution in [2.45, 2.75) is 45.4 Å². The number of ether oxygens (including phenoxy) is 2. The van der Waals surface area contributed by atoms with Crippen LogP contribution in [-0.4, -0.2) is 59.6 Å². The zero-order chi connectivity index (χ0) is 27.3. The van der Waals surface area contributed by atoms with E-state index in [1.807, 2.05) is 12.1 Å². The van der Waals surface area contributed by atoms with Gasteiger partial charge in [0.25, 0.3) is 0 Å². The van der Waals surface area contributed by atoms with Gasteiger partial charge >= 0.3 is 0 Å². The lowest BCUT2D eigenvalue weighted by Crippen LogP contribution is -2.32. The highest BCUT2D eigenvalue weighted by Gasteiger charge is 2.17. The van der Waals surface area contributed by atoms with Crippen molar-refractivity contribution in [3.63, 3.8) is 0 Å². The van der Waals surface area contributed by atoms with Crippen LogP contribution in [0.2, 0.25) is 0 Å². The number of hydrogen-bond donors (Lipinski definition) is 1. The summed E-state index contributed by atoms with van der Waals surface area (Å²) in [5.74, 6) is 2.03. The number of aryl methyl sites for hydroxylation is 1. The van der Waals surface area contributed by atoms with E-state index < -0.39 is 10.8 Å². The molecule has 38 heavy (non-hydrogen) atoms. The van der Waals surface area contributed by atoms with Gasteiger partial charge in [0, 0.05) is 36.0 Å². The van der Waals surface area contributed by atoms with Crippen LogP contribution in [0.1, 0.15) is 43.2 Å². The minimum atomic E-state index is -1.40. The van der Waals surface area contributed by atoms with Crippen LogP contribution in [0.25, 0.3) is 11.5 Å². The van der Waals surface area contributed by atoms with Crippen LogP contribution in [0.3, 0.4) is 0 Å². The number of rotatable bonds is 16. The van der Waals surface area contributed by atoms with Crippen molar-refractivity contribution in [1.29, 1.82) is 0 Å². The van der Waals surface area contributed by atoms with E-state index >= 15 is 0 Å². The van der Waals surface area contributed by atoms with E-state index in [4.69, 9.17) is 13.9 Å². The zero-order valence-electron chi connectivity index (χ0n) is 22.8. The van der Waals surface area contributed by atoms with E-state index in [2.05, 4.69) is 46.4 Å². The molecule has 0 saturated carbocycles. The van der Waals surface area contributed by atoms with Gasteiger partial charge in [0.15, 0.2) is 11.5 Å². The fourth-order valence-corrected chi connectivity index (χ4v) is 5.15. The first-order chi connectivity index (χ1) is 18.4. The van der Waals surface area contributed by atoms with E-state index in [0.717, 1.165) is 44.5 Å². The second-order valence-corrected chi connectivity index (χ2v) is 10.6. The summed E-state index contributed by atoms with van der Waals surface area (Å²) in [7, 11) is 1.74. The maximum Gasteiger partial charge on any atom is 0.232 e. The highest BCUT2D eigenvalue weighted by Crippen LogP contribution is 2.32. The van der Waals surface area contributed by atoms with Crippen LogP contribution in [0.5, 0.6) is 11.5 Å². The molecule has 3 rings (SSSR count). The summed E-state index contributed by atoms with van der Waals surface area (Å²) in [6.07, 6.45) is 3.13. The summed E-state index contributed by atoms with van der Waals surface area (Å²) < 4.78 is 29.1. The number of carbonyl (C=O) groups excluding carboxylic acids is 1. The molecule has 1 amide bonds. The molecule has 206 valence electrons. The van der Waals surface area contributed by atoms with Crippen LogP contribution in [-0.2, 0) is 27.9 Å². The van der Waals surface area contributed by atoms with E-state index in [1.165, 1.54) is 5.56 Å². The van der Waals surface area contributed by atoms with Gasteiger partial charge in [-0.3, -0.25) is 13.9 Å². The normalized spacial score (nSPS) is 11.9. The Bertz CT molecular complexity index is 1180. The van der Waals surface area contributed by atoms with E-state index in [0.29, 0.717) is 35.4 Å². The second-order valence-electron chi connectivity index (χ2n) is 9.14. The first-order valence-electron chi connectivity index (χ1n) is 13.0. The fourth-order valence-electron chi connectivity index (χ4n) is 4.08. The van der Waals surface area contributed by atoms with Gasteiger partial charge in [-0.1, -0.05) is 43.7 Å². The third-order valence-corrected chi connectivity index (χ3v) is 7.34. The number of hydrogen-bond acceptors (Lipinski definition) is 7. The maximum absolute atomic E-state index is 12.7. The van der Waals surface area contributed by atoms with Gasteiger partial charge in [-0.25, -0.2) is 4.98 Å². The number of methoxy groups -OCH3 is 2. The van der Waals surface area contributed by atoms with E-state index in [9.17, 15) is 9.00 Å². The zero-order valence-corrected chi connectivity index (χ0v) is 23.6. The van der Waals surface area contributed by atoms with Gasteiger partial charge in [-0.2, -0.15) is 0 Å². The Morgan fingerprint density at radius 3 is 2.50 bits per heavy atom. The van der Waals surface area contributed by atoms with Crippen molar-refractivity contribution in [1.82, 2.24) is 15.2 Å². The van der Waals surface area contributed by atoms with Crippen molar-refractivity contribution in [3.8, 4) is 23.0 Å². The molecule has 0 aliphatic heterocycles. The number of aromatic nitrogens is 1. The Kier molecular flexibility index (Phi) is 11.8. The monoisotopic (exact) mass is 541 g/mol. The Morgan fingerprint density at radius 1 is 1.05 bits per heavy atom. The van der Waals surface area contributed by atoms with E-state index in [-0.39, 0.29) is 17.4 Å². The average molecular weight is 542 g/mol. The highest BCUT2D eigenvalue weighted by molar-refractivity contribution is 7.84. The van der Waals surface area contributed by atoms with Gasteiger partial charge in [0.2, 0.25) is 11.8 Å². The third kappa shape index (κ3) is 8.99. The van der Waals surface area contributed by atoms with Gasteiger partial charge in [0.1, 0.15) is 11.5 Å². The summed E-state index contributed by atoms with van der Waals surface area (Å²) >= 11 is 0. The Morgan fingerprint density at radius 2 is 1.79 bits per heavy atom. The molecule has 0 bridgehead atoms. The standard InChI is InChI=1S/C29H39N3O5S/c1-5-6-16-32(19-23-11-8-7-9-12-23)17-10-15-30-28(33)21-38(34)20-25-22(2)37-29(31-25)24-13-14-26(35-3)27(18-24)36-4/h7-9,11-14,18H,5-6,10,15-17,19-21H2,1-4H3,(H,30,33)/t38-/m0/s1. The van der Waals surface area contributed by atoms with Crippen molar-refractivity contribution in [2.24, 2.45) is 0 Å². The summed E-state index contributed by atoms with van der Waals surface area (Å²) in [5.41, 5.74) is 2.59. The number of amides is 1. The highest BCUT2D eigenvalue weighted by atomic mass is 32.2. The number of unbranched alkanes of at least 4 members (excludes halogenated alkanes) is 1. The molecule has 2 aromatic carbocycles. The number of nitrogens with zero attached hydrogens (tertiary/aromatic N) is 2. The second kappa shape index (κ2) is 15.3. The molecule has 0 aliphatic carbocycles. The molecular weight excluding hydrogens is 502 g/mol. The first-order valence-corrected chi connectivity index (χ1v) is 14.5. The SMILES string of the molecule is CCCCN(CCCNC(=O)C[S@@](=O)Cc1nc(-c2ccc(OC)c(OC)c2)oc1C)Cc1ccccc1. The first kappa shape index (κ1) is 29.4. The minimum Gasteiger partial charge on any atom is -0.493 e. The number of carbonyl (C=O) groups is 1. The molecule has 0 spiro atoms. The molecule has 0 fully saturated rings. The Labute approximate surface area is 228 Å². The number of oxazole rings is 1. The van der Waals surface area contributed by atoms with Crippen molar-refractivity contribution >= 4 is 16.7 Å². The lowest BCUT2D eigenvalue weighted by Gasteiger charge is -2.22. The molecule has 3 aromatic rings. The molecule has 9 heteroatoms. The number of benzene rings is 2. The smallest absolute Gasteiger partial charge is 0.232 e. The summed E-state index contributed by atoms with van der Waals surface area (Å²) in [4.78, 5) is 19.3. The Balaban J connectivity index is 1.45. The molecule has 0 saturated heterocycles. The average Bonchev–Trinajstić information content (AvgIpc) is 3.29. The van der Waals surface area contributed by atoms with Gasteiger partial charge < -0.3 is 19.2 Å². The lowest BCUT2D eigenvalue weighted by molar-refractivity contribution is -0.118. The minimum absolute atomic E-state index is 0.0679. The molecule has 1 heterocycles. The molecule has 0 unspecified atom stereocenters. The van der Waals surface area contributed by atoms with Crippen LogP contribution >= 0.6 is 0 Å². The van der Waals surface area contributed by atoms with Gasteiger partial charge in [0.05, 0.1) is 25.7 Å². The Hall–Kier alpha value is -3.17. The molecule has 1 N–H and O–H groups in total. The largest absolute Gasteiger partial charge is 0.493 e. The van der Waals surface area contributed by atoms with E-state index in [1.54, 1.807) is 33.3 Å². The van der Waals surface area contributed by atoms with Crippen LogP contribution in [0.15, 0.2) is 52.9 Å². The summed E-state index contributed by atoms with van der Waals surface area (Å²) in [6, 6.07) is 15.8. The summed E-state index contributed by atoms with van der Waals surface area (Å²) in [5, 5.41) is 2.92. The van der Waals surface area contributed by atoms with Crippen LogP contribution < -0.4 is 14.8 Å². The third-order valence-electron chi connectivity index (χ3n) is 6.16. The van der Waals surface area contributed by atoms with Crippen molar-refractivity contribution in [2.75, 3.05) is 39.6 Å². The maximum atomic E-state index is 12.7. The quantitative estimate of drug-likeness (QED) is 0.262. The van der Waals surface area contributed by atoms with Crippen molar-refractivity contribution in [3.05, 3.63) is 65.5 Å².